The highest BCUT2D eigenvalue weighted by Gasteiger charge is 2.02. The number of esters is 1. The summed E-state index contributed by atoms with van der Waals surface area (Å²) in [6.07, 6.45) is 2.50. The summed E-state index contributed by atoms with van der Waals surface area (Å²) < 4.78 is 5.09. The molecule has 0 aliphatic rings. The number of thioether (sulfide) groups is 1. The highest BCUT2D eigenvalue weighted by Crippen LogP contribution is 2.19. The number of carbonyl (C=O) groups excluding carboxylic acids is 1. The van der Waals surface area contributed by atoms with E-state index in [0.717, 1.165) is 18.6 Å². The molecule has 3 heteroatoms. The van der Waals surface area contributed by atoms with Gasteiger partial charge in [0.05, 0.1) is 13.0 Å². The van der Waals surface area contributed by atoms with E-state index in [1.54, 1.807) is 11.8 Å². The van der Waals surface area contributed by atoms with Crippen LogP contribution >= 0.6 is 11.8 Å². The highest BCUT2D eigenvalue weighted by molar-refractivity contribution is 7.99. The highest BCUT2D eigenvalue weighted by atomic mass is 32.2. The Morgan fingerprint density at radius 2 is 2.00 bits per heavy atom. The molecule has 0 unspecified atom stereocenters. The Balaban J connectivity index is 2.14. The molecule has 94 valence electrons. The third-order valence-corrected chi connectivity index (χ3v) is 3.37. The van der Waals surface area contributed by atoms with Gasteiger partial charge in [-0.25, -0.2) is 0 Å². The van der Waals surface area contributed by atoms with Crippen LogP contribution in [0.5, 0.6) is 0 Å². The molecule has 1 aromatic rings. The molecule has 0 aliphatic heterocycles. The van der Waals surface area contributed by atoms with Crippen LogP contribution in [0, 0.1) is 6.92 Å². The van der Waals surface area contributed by atoms with Gasteiger partial charge in [-0.3, -0.25) is 4.79 Å². The summed E-state index contributed by atoms with van der Waals surface area (Å²) in [5.74, 6) is 0.701. The normalized spacial score (nSPS) is 10.2. The number of benzene rings is 1. The average Bonchev–Trinajstić information content (AvgIpc) is 2.32. The van der Waals surface area contributed by atoms with E-state index in [9.17, 15) is 4.79 Å². The summed E-state index contributed by atoms with van der Waals surface area (Å²) in [4.78, 5) is 12.5. The second-order valence-corrected chi connectivity index (χ2v) is 5.15. The van der Waals surface area contributed by atoms with E-state index < -0.39 is 0 Å². The number of hydrogen-bond acceptors (Lipinski definition) is 3. The summed E-state index contributed by atoms with van der Waals surface area (Å²) >= 11 is 1.70. The lowest BCUT2D eigenvalue weighted by atomic mass is 10.2. The van der Waals surface area contributed by atoms with Crippen LogP contribution in [0.3, 0.4) is 0 Å². The molecule has 0 amide bonds. The quantitative estimate of drug-likeness (QED) is 0.419. The zero-order valence-corrected chi connectivity index (χ0v) is 11.4. The number of hydrogen-bond donors (Lipinski definition) is 0. The zero-order valence-electron chi connectivity index (χ0n) is 10.6. The van der Waals surface area contributed by atoms with Gasteiger partial charge in [-0.2, -0.15) is 0 Å². The Morgan fingerprint density at radius 3 is 2.65 bits per heavy atom. The van der Waals surface area contributed by atoms with Crippen molar-refractivity contribution in [2.45, 2.75) is 38.0 Å². The molecular weight excluding hydrogens is 232 g/mol. The topological polar surface area (TPSA) is 26.3 Å². The third-order valence-electron chi connectivity index (χ3n) is 2.36. The van der Waals surface area contributed by atoms with Crippen molar-refractivity contribution in [2.75, 3.05) is 12.4 Å². The Kier molecular flexibility index (Phi) is 6.78. The van der Waals surface area contributed by atoms with Crippen LogP contribution in [0.1, 0.15) is 31.7 Å². The van der Waals surface area contributed by atoms with E-state index in [4.69, 9.17) is 4.74 Å². The van der Waals surface area contributed by atoms with Gasteiger partial charge in [0.1, 0.15) is 0 Å². The van der Waals surface area contributed by atoms with Gasteiger partial charge in [0.2, 0.25) is 0 Å². The van der Waals surface area contributed by atoms with Crippen LogP contribution in [-0.4, -0.2) is 18.3 Å². The lowest BCUT2D eigenvalue weighted by Gasteiger charge is -2.04. The monoisotopic (exact) mass is 252 g/mol. The molecule has 1 aromatic carbocycles. The van der Waals surface area contributed by atoms with Gasteiger partial charge in [0.25, 0.3) is 0 Å². The van der Waals surface area contributed by atoms with E-state index in [2.05, 4.69) is 38.1 Å². The minimum atomic E-state index is -0.0851. The first kappa shape index (κ1) is 14.1. The summed E-state index contributed by atoms with van der Waals surface area (Å²) in [7, 11) is 0. The minimum absolute atomic E-state index is 0.0851. The molecule has 0 aliphatic carbocycles. The van der Waals surface area contributed by atoms with E-state index in [0.29, 0.717) is 13.0 Å². The molecule has 0 bridgehead atoms. The molecule has 0 saturated heterocycles. The zero-order chi connectivity index (χ0) is 12.5. The largest absolute Gasteiger partial charge is 0.466 e. The minimum Gasteiger partial charge on any atom is -0.466 e. The maximum atomic E-state index is 11.3. The van der Waals surface area contributed by atoms with E-state index in [-0.39, 0.29) is 5.97 Å². The number of unbranched alkanes of at least 4 members (excludes halogenated alkanes) is 1. The number of ether oxygens (including phenoxy) is 1. The summed E-state index contributed by atoms with van der Waals surface area (Å²) in [6, 6.07) is 8.34. The second kappa shape index (κ2) is 8.18. The van der Waals surface area contributed by atoms with Crippen LogP contribution in [0.15, 0.2) is 29.2 Å². The summed E-state index contributed by atoms with van der Waals surface area (Å²) in [5, 5.41) is 0. The van der Waals surface area contributed by atoms with E-state index >= 15 is 0 Å². The molecule has 1 rings (SSSR count). The van der Waals surface area contributed by atoms with Crippen molar-refractivity contribution in [3.63, 3.8) is 0 Å². The summed E-state index contributed by atoms with van der Waals surface area (Å²) in [5.41, 5.74) is 1.26. The summed E-state index contributed by atoms with van der Waals surface area (Å²) in [6.45, 7) is 4.71. The Bertz CT molecular complexity index is 333. The standard InChI is InChI=1S/C14H20O2S/c1-3-4-10-16-14(15)9-11-17-13-7-5-12(2)6-8-13/h5-8H,3-4,9-11H2,1-2H3. The molecule has 0 atom stereocenters. The predicted molar refractivity (Wildman–Crippen MR) is 72.4 cm³/mol. The van der Waals surface area contributed by atoms with Gasteiger partial charge in [0.15, 0.2) is 0 Å². The molecule has 0 N–H and O–H groups in total. The fraction of sp³-hybridized carbons (Fsp3) is 0.500. The van der Waals surface area contributed by atoms with Crippen molar-refractivity contribution in [3.05, 3.63) is 29.8 Å². The lowest BCUT2D eigenvalue weighted by molar-refractivity contribution is -0.143. The number of aryl methyl sites for hydroxylation is 1. The van der Waals surface area contributed by atoms with Crippen LogP contribution in [0.25, 0.3) is 0 Å². The van der Waals surface area contributed by atoms with Gasteiger partial charge in [-0.1, -0.05) is 31.0 Å². The molecule has 0 radical (unpaired) electrons. The van der Waals surface area contributed by atoms with Crippen molar-refractivity contribution >= 4 is 17.7 Å². The van der Waals surface area contributed by atoms with Crippen molar-refractivity contribution in [1.29, 1.82) is 0 Å². The maximum absolute atomic E-state index is 11.3. The first-order valence-corrected chi connectivity index (χ1v) is 7.06. The molecule has 17 heavy (non-hydrogen) atoms. The van der Waals surface area contributed by atoms with Gasteiger partial charge < -0.3 is 4.74 Å². The Hall–Kier alpha value is -0.960. The fourth-order valence-electron chi connectivity index (χ4n) is 1.29. The van der Waals surface area contributed by atoms with Crippen molar-refractivity contribution in [1.82, 2.24) is 0 Å². The van der Waals surface area contributed by atoms with Gasteiger partial charge in [-0.05, 0) is 25.5 Å². The first-order chi connectivity index (χ1) is 8.22. The van der Waals surface area contributed by atoms with E-state index in [1.807, 2.05) is 0 Å². The van der Waals surface area contributed by atoms with Gasteiger partial charge >= 0.3 is 5.97 Å². The average molecular weight is 252 g/mol. The Morgan fingerprint density at radius 1 is 1.29 bits per heavy atom. The van der Waals surface area contributed by atoms with Crippen LogP contribution in [-0.2, 0) is 9.53 Å². The van der Waals surface area contributed by atoms with Crippen molar-refractivity contribution in [2.24, 2.45) is 0 Å². The van der Waals surface area contributed by atoms with Crippen molar-refractivity contribution in [3.8, 4) is 0 Å². The second-order valence-electron chi connectivity index (χ2n) is 3.99. The fourth-order valence-corrected chi connectivity index (χ4v) is 2.12. The number of rotatable bonds is 7. The molecule has 0 spiro atoms. The molecule has 2 nitrogen and oxygen atoms in total. The predicted octanol–water partition coefficient (Wildman–Crippen LogP) is 3.82. The SMILES string of the molecule is CCCCOC(=O)CCSc1ccc(C)cc1. The molecular formula is C14H20O2S. The van der Waals surface area contributed by atoms with Crippen LogP contribution < -0.4 is 0 Å². The third kappa shape index (κ3) is 6.37. The maximum Gasteiger partial charge on any atom is 0.306 e. The molecule has 0 fully saturated rings. The molecule has 0 aromatic heterocycles. The van der Waals surface area contributed by atoms with Crippen molar-refractivity contribution < 1.29 is 9.53 Å². The number of carbonyl (C=O) groups is 1. The molecule has 0 saturated carbocycles. The van der Waals surface area contributed by atoms with E-state index in [1.165, 1.54) is 10.5 Å². The van der Waals surface area contributed by atoms with Gasteiger partial charge in [0, 0.05) is 10.6 Å². The smallest absolute Gasteiger partial charge is 0.306 e. The first-order valence-electron chi connectivity index (χ1n) is 6.07. The lowest BCUT2D eigenvalue weighted by Crippen LogP contribution is -2.06. The molecule has 0 heterocycles. The Labute approximate surface area is 108 Å². The van der Waals surface area contributed by atoms with Gasteiger partial charge in [-0.15, -0.1) is 11.8 Å². The van der Waals surface area contributed by atoms with Crippen LogP contribution in [0.4, 0.5) is 0 Å². The van der Waals surface area contributed by atoms with Crippen LogP contribution in [0.2, 0.25) is 0 Å².